The first-order chi connectivity index (χ1) is 9.19. The van der Waals surface area contributed by atoms with E-state index in [1.54, 1.807) is 19.1 Å². The summed E-state index contributed by atoms with van der Waals surface area (Å²) in [5, 5.41) is 0. The first kappa shape index (κ1) is 15.0. The second-order valence-corrected chi connectivity index (χ2v) is 3.77. The maximum atomic E-state index is 11.7. The summed E-state index contributed by atoms with van der Waals surface area (Å²) in [5.41, 5.74) is 0.205. The molecule has 0 radical (unpaired) electrons. The summed E-state index contributed by atoms with van der Waals surface area (Å²) in [6.45, 7) is 4.26. The minimum atomic E-state index is -0.815. The Bertz CT molecular complexity index is 428. The average molecular weight is 266 g/mol. The number of esters is 1. The fourth-order valence-electron chi connectivity index (χ4n) is 1.35. The smallest absolute Gasteiger partial charge is 0.462 e. The van der Waals surface area contributed by atoms with Crippen molar-refractivity contribution in [1.82, 2.24) is 0 Å². The Hall–Kier alpha value is -2.04. The molecule has 1 aromatic carbocycles. The third-order valence-electron chi connectivity index (χ3n) is 2.29. The van der Waals surface area contributed by atoms with Gasteiger partial charge < -0.3 is 14.2 Å². The van der Waals surface area contributed by atoms with Crippen LogP contribution in [-0.4, -0.2) is 25.3 Å². The highest BCUT2D eigenvalue weighted by Crippen LogP contribution is 2.19. The maximum absolute atomic E-state index is 11.7. The van der Waals surface area contributed by atoms with E-state index in [0.717, 1.165) is 12.8 Å². The minimum Gasteiger partial charge on any atom is -0.462 e. The summed E-state index contributed by atoms with van der Waals surface area (Å²) in [7, 11) is 0. The second kappa shape index (κ2) is 8.13. The lowest BCUT2D eigenvalue weighted by molar-refractivity contribution is 0.0520. The van der Waals surface area contributed by atoms with Gasteiger partial charge in [-0.2, -0.15) is 0 Å². The summed E-state index contributed by atoms with van der Waals surface area (Å²) in [6.07, 6.45) is 0.881. The van der Waals surface area contributed by atoms with Gasteiger partial charge in [0.05, 0.1) is 13.2 Å². The zero-order valence-corrected chi connectivity index (χ0v) is 11.2. The first-order valence-corrected chi connectivity index (χ1v) is 6.29. The quantitative estimate of drug-likeness (QED) is 0.449. The van der Waals surface area contributed by atoms with Gasteiger partial charge >= 0.3 is 12.1 Å². The molecule has 1 rings (SSSR count). The third-order valence-corrected chi connectivity index (χ3v) is 2.29. The fraction of sp³-hybridized carbons (Fsp3) is 0.429. The number of ether oxygens (including phenoxy) is 3. The van der Waals surface area contributed by atoms with Gasteiger partial charge in [-0.05, 0) is 25.5 Å². The van der Waals surface area contributed by atoms with Gasteiger partial charge in [-0.1, -0.05) is 25.5 Å². The van der Waals surface area contributed by atoms with Crippen LogP contribution in [0.25, 0.3) is 0 Å². The molecule has 0 aliphatic heterocycles. The molecule has 0 amide bonds. The van der Waals surface area contributed by atoms with E-state index in [4.69, 9.17) is 14.2 Å². The van der Waals surface area contributed by atoms with Crippen LogP contribution in [0.4, 0.5) is 4.79 Å². The van der Waals surface area contributed by atoms with Crippen molar-refractivity contribution in [3.63, 3.8) is 0 Å². The van der Waals surface area contributed by atoms with Crippen molar-refractivity contribution in [2.75, 3.05) is 13.2 Å². The Morgan fingerprint density at radius 1 is 1.11 bits per heavy atom. The number of carbonyl (C=O) groups excluding carboxylic acids is 2. The van der Waals surface area contributed by atoms with E-state index in [2.05, 4.69) is 0 Å². The van der Waals surface area contributed by atoms with E-state index in [9.17, 15) is 9.59 Å². The molecule has 0 spiro atoms. The Morgan fingerprint density at radius 3 is 2.53 bits per heavy atom. The molecule has 0 fully saturated rings. The van der Waals surface area contributed by atoms with Crippen LogP contribution in [0.15, 0.2) is 24.3 Å². The highest BCUT2D eigenvalue weighted by atomic mass is 16.7. The van der Waals surface area contributed by atoms with Gasteiger partial charge in [0, 0.05) is 0 Å². The first-order valence-electron chi connectivity index (χ1n) is 6.29. The molecule has 0 bridgehead atoms. The van der Waals surface area contributed by atoms with Gasteiger partial charge in [0.2, 0.25) is 0 Å². The average Bonchev–Trinajstić information content (AvgIpc) is 2.40. The number of rotatable bonds is 6. The zero-order valence-electron chi connectivity index (χ0n) is 11.2. The second-order valence-electron chi connectivity index (χ2n) is 3.77. The van der Waals surface area contributed by atoms with Crippen LogP contribution < -0.4 is 4.74 Å². The molecule has 19 heavy (non-hydrogen) atoms. The normalized spacial score (nSPS) is 9.79. The summed E-state index contributed by atoms with van der Waals surface area (Å²) < 4.78 is 14.7. The van der Waals surface area contributed by atoms with Crippen LogP contribution in [0.2, 0.25) is 0 Å². The molecule has 0 atom stereocenters. The number of carbonyl (C=O) groups is 2. The number of hydrogen-bond acceptors (Lipinski definition) is 5. The van der Waals surface area contributed by atoms with Crippen molar-refractivity contribution in [3.05, 3.63) is 29.8 Å². The van der Waals surface area contributed by atoms with Crippen molar-refractivity contribution in [2.24, 2.45) is 0 Å². The van der Waals surface area contributed by atoms with E-state index in [1.165, 1.54) is 12.1 Å². The van der Waals surface area contributed by atoms with E-state index in [0.29, 0.717) is 6.61 Å². The Kier molecular flexibility index (Phi) is 6.43. The molecule has 0 aliphatic carbocycles. The van der Waals surface area contributed by atoms with Gasteiger partial charge in [0.25, 0.3) is 0 Å². The molecule has 5 heteroatoms. The van der Waals surface area contributed by atoms with Crippen LogP contribution >= 0.6 is 0 Å². The molecule has 104 valence electrons. The van der Waals surface area contributed by atoms with Gasteiger partial charge in [-0.3, -0.25) is 0 Å². The van der Waals surface area contributed by atoms with Crippen LogP contribution in [0, 0.1) is 0 Å². The Balaban J connectivity index is 2.67. The highest BCUT2D eigenvalue weighted by molar-refractivity contribution is 5.93. The van der Waals surface area contributed by atoms with Crippen LogP contribution in [-0.2, 0) is 9.47 Å². The van der Waals surface area contributed by atoms with E-state index in [-0.39, 0.29) is 17.9 Å². The summed E-state index contributed by atoms with van der Waals surface area (Å²) >= 11 is 0. The van der Waals surface area contributed by atoms with Crippen molar-refractivity contribution < 1.29 is 23.8 Å². The van der Waals surface area contributed by atoms with E-state index < -0.39 is 12.1 Å². The Labute approximate surface area is 112 Å². The van der Waals surface area contributed by atoms with Crippen molar-refractivity contribution in [1.29, 1.82) is 0 Å². The third kappa shape index (κ3) is 4.99. The summed E-state index contributed by atoms with van der Waals surface area (Å²) in [4.78, 5) is 23.1. The molecule has 1 aromatic rings. The van der Waals surface area contributed by atoms with Gasteiger partial charge in [-0.25, -0.2) is 9.59 Å². The fourth-order valence-corrected chi connectivity index (χ4v) is 1.35. The number of hydrogen-bond donors (Lipinski definition) is 0. The van der Waals surface area contributed by atoms with Crippen LogP contribution in [0.3, 0.4) is 0 Å². The molecule has 0 saturated carbocycles. The molecule has 0 unspecified atom stereocenters. The number of para-hydroxylation sites is 1. The highest BCUT2D eigenvalue weighted by Gasteiger charge is 2.16. The predicted molar refractivity (Wildman–Crippen MR) is 69.3 cm³/mol. The predicted octanol–water partition coefficient (Wildman–Crippen LogP) is 3.18. The van der Waals surface area contributed by atoms with Gasteiger partial charge in [0.1, 0.15) is 11.3 Å². The molecule has 0 aromatic heterocycles. The molecule has 5 nitrogen and oxygen atoms in total. The van der Waals surface area contributed by atoms with Crippen molar-refractivity contribution >= 4 is 12.1 Å². The van der Waals surface area contributed by atoms with Crippen LogP contribution in [0.1, 0.15) is 37.0 Å². The van der Waals surface area contributed by atoms with Crippen molar-refractivity contribution in [3.8, 4) is 5.75 Å². The summed E-state index contributed by atoms with van der Waals surface area (Å²) in [6, 6.07) is 6.39. The standard InChI is InChI=1S/C14H18O5/c1-3-5-10-18-14(16)19-12-9-7-6-8-11(12)13(15)17-4-2/h6-9H,3-5,10H2,1-2H3. The lowest BCUT2D eigenvalue weighted by Crippen LogP contribution is -2.14. The molecular formula is C14H18O5. The maximum Gasteiger partial charge on any atom is 0.513 e. The lowest BCUT2D eigenvalue weighted by Gasteiger charge is -2.09. The minimum absolute atomic E-state index is 0.141. The SMILES string of the molecule is CCCCOC(=O)Oc1ccccc1C(=O)OCC. The lowest BCUT2D eigenvalue weighted by atomic mass is 10.2. The topological polar surface area (TPSA) is 61.8 Å². The largest absolute Gasteiger partial charge is 0.513 e. The molecular weight excluding hydrogens is 248 g/mol. The zero-order chi connectivity index (χ0) is 14.1. The number of unbranched alkanes of at least 4 members (excludes halogenated alkanes) is 1. The monoisotopic (exact) mass is 266 g/mol. The van der Waals surface area contributed by atoms with E-state index in [1.807, 2.05) is 6.92 Å². The summed E-state index contributed by atoms with van der Waals surface area (Å²) in [5.74, 6) is -0.387. The molecule has 0 heterocycles. The Morgan fingerprint density at radius 2 is 1.84 bits per heavy atom. The van der Waals surface area contributed by atoms with Crippen LogP contribution in [0.5, 0.6) is 5.75 Å². The molecule has 0 saturated heterocycles. The van der Waals surface area contributed by atoms with E-state index >= 15 is 0 Å². The number of benzene rings is 1. The van der Waals surface area contributed by atoms with Gasteiger partial charge in [0.15, 0.2) is 0 Å². The van der Waals surface area contributed by atoms with Gasteiger partial charge in [-0.15, -0.1) is 0 Å². The molecule has 0 aliphatic rings. The van der Waals surface area contributed by atoms with Crippen molar-refractivity contribution in [2.45, 2.75) is 26.7 Å². The molecule has 0 N–H and O–H groups in total.